The summed E-state index contributed by atoms with van der Waals surface area (Å²) in [5.74, 6) is 1.17. The number of nitrogens with one attached hydrogen (secondary N) is 1. The summed E-state index contributed by atoms with van der Waals surface area (Å²) in [5.41, 5.74) is 1.44. The Labute approximate surface area is 129 Å². The van der Waals surface area contributed by atoms with Crippen molar-refractivity contribution < 1.29 is 0 Å². The molecule has 0 radical (unpaired) electrons. The molecule has 0 saturated heterocycles. The Morgan fingerprint density at radius 2 is 1.85 bits per heavy atom. The van der Waals surface area contributed by atoms with Crippen LogP contribution in [0.5, 0.6) is 0 Å². The first-order chi connectivity index (χ1) is 9.72. The van der Waals surface area contributed by atoms with Crippen LogP contribution in [-0.2, 0) is 0 Å². The Morgan fingerprint density at radius 1 is 1.15 bits per heavy atom. The second-order valence-electron chi connectivity index (χ2n) is 5.09. The Hall–Kier alpha value is -0.510. The Balaban J connectivity index is 2.56. The molecular formula is C17H30N2S. The van der Waals surface area contributed by atoms with Crippen LogP contribution >= 0.6 is 11.8 Å². The molecule has 1 atom stereocenters. The summed E-state index contributed by atoms with van der Waals surface area (Å²) in [6, 6.07) is 9.25. The molecule has 114 valence electrons. The summed E-state index contributed by atoms with van der Waals surface area (Å²) in [7, 11) is 0. The smallest absolute Gasteiger partial charge is 0.0302 e. The first kappa shape index (κ1) is 17.5. The van der Waals surface area contributed by atoms with E-state index in [-0.39, 0.29) is 0 Å². The average molecular weight is 295 g/mol. The van der Waals surface area contributed by atoms with E-state index in [0.29, 0.717) is 6.04 Å². The van der Waals surface area contributed by atoms with Crippen molar-refractivity contribution in [3.8, 4) is 0 Å². The molecule has 1 rings (SSSR count). The zero-order valence-corrected chi connectivity index (χ0v) is 14.3. The summed E-state index contributed by atoms with van der Waals surface area (Å²) < 4.78 is 0. The van der Waals surface area contributed by atoms with Crippen molar-refractivity contribution >= 4 is 11.8 Å². The minimum atomic E-state index is 0.437. The summed E-state index contributed by atoms with van der Waals surface area (Å²) in [6.45, 7) is 13.5. The van der Waals surface area contributed by atoms with Crippen LogP contribution < -0.4 is 5.32 Å². The molecular weight excluding hydrogens is 264 g/mol. The van der Waals surface area contributed by atoms with Crippen LogP contribution in [0.3, 0.4) is 0 Å². The number of nitrogens with zero attached hydrogens (tertiary/aromatic N) is 1. The van der Waals surface area contributed by atoms with E-state index in [9.17, 15) is 0 Å². The Bertz CT molecular complexity index is 364. The van der Waals surface area contributed by atoms with Gasteiger partial charge in [0.1, 0.15) is 0 Å². The van der Waals surface area contributed by atoms with E-state index in [1.165, 1.54) is 29.2 Å². The molecule has 3 heteroatoms. The fourth-order valence-electron chi connectivity index (χ4n) is 2.27. The van der Waals surface area contributed by atoms with Crippen LogP contribution in [0.1, 0.15) is 45.7 Å². The zero-order chi connectivity index (χ0) is 14.8. The molecule has 0 aromatic heterocycles. The van der Waals surface area contributed by atoms with Crippen molar-refractivity contribution in [3.63, 3.8) is 0 Å². The predicted molar refractivity (Wildman–Crippen MR) is 91.7 cm³/mol. The molecule has 0 saturated carbocycles. The van der Waals surface area contributed by atoms with Crippen LogP contribution in [0.15, 0.2) is 29.2 Å². The lowest BCUT2D eigenvalue weighted by Gasteiger charge is -2.20. The van der Waals surface area contributed by atoms with Gasteiger partial charge in [0.05, 0.1) is 0 Å². The van der Waals surface area contributed by atoms with Gasteiger partial charge in [0.2, 0.25) is 0 Å². The third kappa shape index (κ3) is 5.86. The molecule has 0 fully saturated rings. The number of rotatable bonds is 10. The molecule has 1 N–H and O–H groups in total. The summed E-state index contributed by atoms with van der Waals surface area (Å²) in [5, 5.41) is 3.59. The highest BCUT2D eigenvalue weighted by atomic mass is 32.2. The summed E-state index contributed by atoms with van der Waals surface area (Å²) in [4.78, 5) is 3.91. The monoisotopic (exact) mass is 294 g/mol. The van der Waals surface area contributed by atoms with Gasteiger partial charge in [-0.3, -0.25) is 0 Å². The largest absolute Gasteiger partial charge is 0.310 e. The van der Waals surface area contributed by atoms with Gasteiger partial charge in [-0.1, -0.05) is 39.0 Å². The normalized spacial score (nSPS) is 12.8. The molecule has 0 aliphatic heterocycles. The minimum absolute atomic E-state index is 0.437. The van der Waals surface area contributed by atoms with Crippen molar-refractivity contribution in [1.82, 2.24) is 10.2 Å². The number of hydrogen-bond donors (Lipinski definition) is 1. The molecule has 2 nitrogen and oxygen atoms in total. The molecule has 0 amide bonds. The van der Waals surface area contributed by atoms with E-state index in [4.69, 9.17) is 0 Å². The second-order valence-corrected chi connectivity index (χ2v) is 6.23. The SMILES string of the molecule is CCCNC(C)c1ccccc1SCCN(CC)CC. The van der Waals surface area contributed by atoms with Crippen LogP contribution in [-0.4, -0.2) is 36.8 Å². The standard InChI is InChI=1S/C17H30N2S/c1-5-12-18-15(4)16-10-8-9-11-17(16)20-14-13-19(6-2)7-3/h8-11,15,18H,5-7,12-14H2,1-4H3. The minimum Gasteiger partial charge on any atom is -0.310 e. The van der Waals surface area contributed by atoms with Crippen molar-refractivity contribution in [2.45, 2.75) is 45.1 Å². The highest BCUT2D eigenvalue weighted by Gasteiger charge is 2.10. The topological polar surface area (TPSA) is 15.3 Å². The Kier molecular flexibility index (Phi) is 8.99. The van der Waals surface area contributed by atoms with Crippen LogP contribution in [0.25, 0.3) is 0 Å². The summed E-state index contributed by atoms with van der Waals surface area (Å²) in [6.07, 6.45) is 1.18. The molecule has 0 aliphatic rings. The van der Waals surface area contributed by atoms with Gasteiger partial charge in [0, 0.05) is 23.2 Å². The molecule has 0 aliphatic carbocycles. The zero-order valence-electron chi connectivity index (χ0n) is 13.5. The molecule has 20 heavy (non-hydrogen) atoms. The van der Waals surface area contributed by atoms with E-state index < -0.39 is 0 Å². The average Bonchev–Trinajstić information content (AvgIpc) is 2.49. The van der Waals surface area contributed by atoms with Gasteiger partial charge >= 0.3 is 0 Å². The van der Waals surface area contributed by atoms with E-state index in [1.54, 1.807) is 0 Å². The van der Waals surface area contributed by atoms with Crippen LogP contribution in [0, 0.1) is 0 Å². The fraction of sp³-hybridized carbons (Fsp3) is 0.647. The highest BCUT2D eigenvalue weighted by molar-refractivity contribution is 7.99. The Morgan fingerprint density at radius 3 is 2.50 bits per heavy atom. The number of benzene rings is 1. The third-order valence-electron chi connectivity index (χ3n) is 3.65. The van der Waals surface area contributed by atoms with Gasteiger partial charge in [0.25, 0.3) is 0 Å². The number of thioether (sulfide) groups is 1. The third-order valence-corrected chi connectivity index (χ3v) is 4.72. The molecule has 1 aromatic carbocycles. The van der Waals surface area contributed by atoms with Crippen molar-refractivity contribution in [3.05, 3.63) is 29.8 Å². The van der Waals surface area contributed by atoms with E-state index in [1.807, 2.05) is 11.8 Å². The quantitative estimate of drug-likeness (QED) is 0.652. The molecule has 1 aromatic rings. The predicted octanol–water partition coefficient (Wildman–Crippen LogP) is 4.18. The van der Waals surface area contributed by atoms with Crippen molar-refractivity contribution in [1.29, 1.82) is 0 Å². The van der Waals surface area contributed by atoms with Crippen LogP contribution in [0.4, 0.5) is 0 Å². The maximum atomic E-state index is 3.59. The molecule has 1 unspecified atom stereocenters. The molecule has 0 bridgehead atoms. The van der Waals surface area contributed by atoms with E-state index >= 15 is 0 Å². The fourth-order valence-corrected chi connectivity index (χ4v) is 3.42. The van der Waals surface area contributed by atoms with Crippen LogP contribution in [0.2, 0.25) is 0 Å². The van der Waals surface area contributed by atoms with Gasteiger partial charge in [-0.2, -0.15) is 0 Å². The lowest BCUT2D eigenvalue weighted by molar-refractivity contribution is 0.324. The van der Waals surface area contributed by atoms with Crippen molar-refractivity contribution in [2.75, 3.05) is 31.9 Å². The first-order valence-electron chi connectivity index (χ1n) is 7.90. The maximum absolute atomic E-state index is 3.59. The van der Waals surface area contributed by atoms with Gasteiger partial charge in [-0.25, -0.2) is 0 Å². The lowest BCUT2D eigenvalue weighted by atomic mass is 10.1. The van der Waals surface area contributed by atoms with Gasteiger partial charge in [-0.15, -0.1) is 11.8 Å². The molecule has 0 spiro atoms. The first-order valence-corrected chi connectivity index (χ1v) is 8.88. The lowest BCUT2D eigenvalue weighted by Crippen LogP contribution is -2.25. The van der Waals surface area contributed by atoms with Crippen molar-refractivity contribution in [2.24, 2.45) is 0 Å². The van der Waals surface area contributed by atoms with Gasteiger partial charge in [-0.05, 0) is 44.6 Å². The highest BCUT2D eigenvalue weighted by Crippen LogP contribution is 2.27. The van der Waals surface area contributed by atoms with E-state index in [0.717, 1.165) is 19.6 Å². The summed E-state index contributed by atoms with van der Waals surface area (Å²) >= 11 is 1.99. The van der Waals surface area contributed by atoms with E-state index in [2.05, 4.69) is 62.2 Å². The molecule has 0 heterocycles. The van der Waals surface area contributed by atoms with Gasteiger partial charge in [0.15, 0.2) is 0 Å². The second kappa shape index (κ2) is 10.3. The maximum Gasteiger partial charge on any atom is 0.0302 e. The van der Waals surface area contributed by atoms with Gasteiger partial charge < -0.3 is 10.2 Å². The number of hydrogen-bond acceptors (Lipinski definition) is 3.